The van der Waals surface area contributed by atoms with E-state index >= 15 is 4.39 Å². The van der Waals surface area contributed by atoms with Crippen LogP contribution in [0.3, 0.4) is 0 Å². The molecule has 220 valence electrons. The van der Waals surface area contributed by atoms with Gasteiger partial charge in [-0.3, -0.25) is 4.68 Å². The average Bonchev–Trinajstić information content (AvgIpc) is 3.48. The monoisotopic (exact) mass is 575 g/mol. The Morgan fingerprint density at radius 1 is 1.25 bits per heavy atom. The van der Waals surface area contributed by atoms with Crippen molar-refractivity contribution in [2.24, 2.45) is 0 Å². The molecular weight excluding hydrogens is 533 g/mol. The minimum absolute atomic E-state index is 0.0497. The first-order valence-corrected chi connectivity index (χ1v) is 17.5. The van der Waals surface area contributed by atoms with E-state index in [1.165, 1.54) is 4.90 Å². The SMILES string of the molecule is CCn1cc(Nc2nc(OC3CN(C(=O)OC(C)(C)C)CCC3F)c3ccn(COCC[Si](C)(C)C)c3n2)cn1. The highest BCUT2D eigenvalue weighted by Gasteiger charge is 2.36. The van der Waals surface area contributed by atoms with E-state index in [4.69, 9.17) is 19.2 Å². The molecule has 1 aliphatic rings. The molecule has 1 aliphatic heterocycles. The van der Waals surface area contributed by atoms with Crippen LogP contribution in [0.5, 0.6) is 5.88 Å². The van der Waals surface area contributed by atoms with Crippen LogP contribution in [-0.2, 0) is 22.7 Å². The lowest BCUT2D eigenvalue weighted by Crippen LogP contribution is -2.51. The number of piperidine rings is 1. The number of alkyl halides is 1. The number of nitrogens with one attached hydrogen (secondary N) is 1. The molecule has 4 rings (SSSR count). The third-order valence-corrected chi connectivity index (χ3v) is 8.12. The number of carbonyl (C=O) groups excluding carboxylic acids is 1. The number of ether oxygens (including phenoxy) is 3. The summed E-state index contributed by atoms with van der Waals surface area (Å²) in [5, 5.41) is 8.11. The molecule has 2 atom stereocenters. The van der Waals surface area contributed by atoms with Crippen molar-refractivity contribution in [3.05, 3.63) is 24.7 Å². The Labute approximate surface area is 236 Å². The highest BCUT2D eigenvalue weighted by Crippen LogP contribution is 2.30. The average molecular weight is 576 g/mol. The Balaban J connectivity index is 1.59. The van der Waals surface area contributed by atoms with Crippen LogP contribution in [0.1, 0.15) is 34.1 Å². The Hall–Kier alpha value is -3.19. The Kier molecular flexibility index (Phi) is 9.03. The van der Waals surface area contributed by atoms with Gasteiger partial charge in [0.25, 0.3) is 0 Å². The number of hydrogen-bond acceptors (Lipinski definition) is 8. The van der Waals surface area contributed by atoms with E-state index < -0.39 is 32.0 Å². The highest BCUT2D eigenvalue weighted by atomic mass is 28.3. The molecule has 0 saturated carbocycles. The van der Waals surface area contributed by atoms with Crippen molar-refractivity contribution < 1.29 is 23.4 Å². The number of nitrogens with zero attached hydrogens (tertiary/aromatic N) is 6. The van der Waals surface area contributed by atoms with Crippen LogP contribution >= 0.6 is 0 Å². The van der Waals surface area contributed by atoms with Crippen LogP contribution in [0.15, 0.2) is 24.7 Å². The highest BCUT2D eigenvalue weighted by molar-refractivity contribution is 6.76. The van der Waals surface area contributed by atoms with Crippen LogP contribution in [0, 0.1) is 0 Å². The molecule has 0 bridgehead atoms. The summed E-state index contributed by atoms with van der Waals surface area (Å²) >= 11 is 0. The predicted molar refractivity (Wildman–Crippen MR) is 155 cm³/mol. The van der Waals surface area contributed by atoms with Crippen molar-refractivity contribution >= 4 is 36.8 Å². The first kappa shape index (κ1) is 29.8. The molecule has 0 radical (unpaired) electrons. The Morgan fingerprint density at radius 2 is 2.02 bits per heavy atom. The van der Waals surface area contributed by atoms with E-state index in [0.717, 1.165) is 12.6 Å². The number of likely N-dealkylation sites (tertiary alicyclic amines) is 1. The minimum atomic E-state index is -1.27. The van der Waals surface area contributed by atoms with Crippen LogP contribution in [0.2, 0.25) is 25.7 Å². The van der Waals surface area contributed by atoms with E-state index in [-0.39, 0.29) is 31.3 Å². The maximum Gasteiger partial charge on any atom is 0.410 e. The van der Waals surface area contributed by atoms with Crippen LogP contribution < -0.4 is 10.1 Å². The van der Waals surface area contributed by atoms with Gasteiger partial charge in [-0.1, -0.05) is 19.6 Å². The second kappa shape index (κ2) is 12.1. The fraction of sp³-hybridized carbons (Fsp3) is 0.630. The second-order valence-electron chi connectivity index (χ2n) is 12.3. The molecular formula is C27H42FN7O4Si. The quantitative estimate of drug-likeness (QED) is 0.252. The smallest absolute Gasteiger partial charge is 0.410 e. The molecule has 1 saturated heterocycles. The van der Waals surface area contributed by atoms with Gasteiger partial charge in [-0.15, -0.1) is 0 Å². The molecule has 0 spiro atoms. The maximum atomic E-state index is 15.1. The van der Waals surface area contributed by atoms with Crippen molar-refractivity contribution in [2.75, 3.05) is 25.0 Å². The van der Waals surface area contributed by atoms with Crippen molar-refractivity contribution in [3.63, 3.8) is 0 Å². The van der Waals surface area contributed by atoms with Crippen molar-refractivity contribution in [1.29, 1.82) is 0 Å². The van der Waals surface area contributed by atoms with E-state index in [0.29, 0.717) is 30.1 Å². The number of anilines is 2. The summed E-state index contributed by atoms with van der Waals surface area (Å²) < 4.78 is 36.4. The number of halogens is 1. The van der Waals surface area contributed by atoms with Gasteiger partial charge in [0, 0.05) is 46.6 Å². The molecule has 1 fully saturated rings. The topological polar surface area (TPSA) is 109 Å². The third-order valence-electron chi connectivity index (χ3n) is 6.42. The summed E-state index contributed by atoms with van der Waals surface area (Å²) in [5.41, 5.74) is 0.665. The van der Waals surface area contributed by atoms with Crippen LogP contribution in [0.25, 0.3) is 11.0 Å². The van der Waals surface area contributed by atoms with Crippen molar-refractivity contribution in [3.8, 4) is 5.88 Å². The zero-order valence-electron chi connectivity index (χ0n) is 24.6. The molecule has 1 amide bonds. The van der Waals surface area contributed by atoms with Gasteiger partial charge in [0.2, 0.25) is 11.8 Å². The number of aryl methyl sites for hydroxylation is 1. The first-order valence-electron chi connectivity index (χ1n) is 13.8. The zero-order valence-corrected chi connectivity index (χ0v) is 25.6. The van der Waals surface area contributed by atoms with Gasteiger partial charge in [-0.2, -0.15) is 15.1 Å². The lowest BCUT2D eigenvalue weighted by molar-refractivity contribution is -0.0129. The number of aromatic nitrogens is 5. The van der Waals surface area contributed by atoms with E-state index in [1.807, 2.05) is 30.0 Å². The molecule has 0 aromatic carbocycles. The van der Waals surface area contributed by atoms with Gasteiger partial charge in [-0.05, 0) is 39.8 Å². The molecule has 3 aromatic heterocycles. The van der Waals surface area contributed by atoms with Gasteiger partial charge in [0.1, 0.15) is 24.6 Å². The normalized spacial score (nSPS) is 18.2. The number of fused-ring (bicyclic) bond motifs is 1. The zero-order chi connectivity index (χ0) is 29.1. The van der Waals surface area contributed by atoms with Gasteiger partial charge < -0.3 is 29.0 Å². The van der Waals surface area contributed by atoms with E-state index in [1.54, 1.807) is 31.6 Å². The van der Waals surface area contributed by atoms with E-state index in [9.17, 15) is 4.79 Å². The molecule has 40 heavy (non-hydrogen) atoms. The first-order chi connectivity index (χ1) is 18.8. The Morgan fingerprint density at radius 3 is 2.70 bits per heavy atom. The number of amides is 1. The van der Waals surface area contributed by atoms with Gasteiger partial charge in [-0.25, -0.2) is 9.18 Å². The van der Waals surface area contributed by atoms with Crippen LogP contribution in [0.4, 0.5) is 20.8 Å². The maximum absolute atomic E-state index is 15.1. The standard InChI is InChI=1S/C27H42FN7O4Si/c1-8-35-16-19(15-29-35)30-25-31-23-20(9-11-34(23)18-37-13-14-40(5,6)7)24(32-25)38-22-17-33(12-10-21(22)28)26(36)39-27(2,3)4/h9,11,15-16,21-22H,8,10,12-14,17-18H2,1-7H3,(H,30,31,32). The molecule has 3 aromatic rings. The molecule has 0 aliphatic carbocycles. The molecule has 4 heterocycles. The van der Waals surface area contributed by atoms with Gasteiger partial charge in [0.05, 0.1) is 23.8 Å². The summed E-state index contributed by atoms with van der Waals surface area (Å²) in [4.78, 5) is 23.5. The summed E-state index contributed by atoms with van der Waals surface area (Å²) in [6.45, 7) is 16.3. The molecule has 13 heteroatoms. The largest absolute Gasteiger partial charge is 0.469 e. The van der Waals surface area contributed by atoms with Gasteiger partial charge >= 0.3 is 6.09 Å². The van der Waals surface area contributed by atoms with Crippen LogP contribution in [-0.4, -0.2) is 81.0 Å². The molecule has 11 nitrogen and oxygen atoms in total. The Bertz CT molecular complexity index is 1300. The fourth-order valence-corrected chi connectivity index (χ4v) is 4.95. The number of rotatable bonds is 10. The lowest BCUT2D eigenvalue weighted by Gasteiger charge is -2.35. The summed E-state index contributed by atoms with van der Waals surface area (Å²) in [6, 6.07) is 2.89. The second-order valence-corrected chi connectivity index (χ2v) is 17.9. The molecule has 2 unspecified atom stereocenters. The minimum Gasteiger partial charge on any atom is -0.469 e. The third kappa shape index (κ3) is 7.93. The summed E-state index contributed by atoms with van der Waals surface area (Å²) in [6.07, 6.45) is 2.88. The van der Waals surface area contributed by atoms with Crippen molar-refractivity contribution in [2.45, 2.75) is 91.0 Å². The predicted octanol–water partition coefficient (Wildman–Crippen LogP) is 5.43. The fourth-order valence-electron chi connectivity index (χ4n) is 4.19. The van der Waals surface area contributed by atoms with Crippen molar-refractivity contribution in [1.82, 2.24) is 29.2 Å². The summed E-state index contributed by atoms with van der Waals surface area (Å²) in [7, 11) is -1.22. The number of carbonyl (C=O) groups is 1. The van der Waals surface area contributed by atoms with Gasteiger partial charge in [0.15, 0.2) is 5.65 Å². The summed E-state index contributed by atoms with van der Waals surface area (Å²) in [5.74, 6) is 0.519. The van der Waals surface area contributed by atoms with E-state index in [2.05, 4.69) is 35.0 Å². The lowest BCUT2D eigenvalue weighted by atomic mass is 10.1. The molecule has 1 N–H and O–H groups in total. The number of hydrogen-bond donors (Lipinski definition) is 1.